The summed E-state index contributed by atoms with van der Waals surface area (Å²) in [6.45, 7) is 6.10. The van der Waals surface area contributed by atoms with Gasteiger partial charge in [-0.05, 0) is 47.8 Å². The first-order valence-corrected chi connectivity index (χ1v) is 5.97. The van der Waals surface area contributed by atoms with Crippen molar-refractivity contribution in [3.8, 4) is 0 Å². The minimum Gasteiger partial charge on any atom is -0.396 e. The van der Waals surface area contributed by atoms with Crippen LogP contribution in [0.5, 0.6) is 0 Å². The molecule has 0 aliphatic carbocycles. The number of halogens is 1. The Bertz CT molecular complexity index is 317. The number of aromatic nitrogens is 1. The number of pyridine rings is 1. The highest BCUT2D eigenvalue weighted by Crippen LogP contribution is 2.26. The molecule has 15 heavy (non-hydrogen) atoms. The molecule has 1 rings (SSSR count). The summed E-state index contributed by atoms with van der Waals surface area (Å²) >= 11 is 3.55. The summed E-state index contributed by atoms with van der Waals surface area (Å²) < 4.78 is 1.05. The van der Waals surface area contributed by atoms with Crippen LogP contribution in [0.3, 0.4) is 0 Å². The molecule has 0 aliphatic heterocycles. The average Bonchev–Trinajstić information content (AvgIpc) is 2.25. The van der Waals surface area contributed by atoms with Crippen LogP contribution in [0.1, 0.15) is 18.9 Å². The maximum atomic E-state index is 8.82. The number of rotatable bonds is 5. The normalized spacial score (nSPS) is 10.4. The first-order valence-electron chi connectivity index (χ1n) is 5.17. The van der Waals surface area contributed by atoms with Gasteiger partial charge in [0.2, 0.25) is 0 Å². The molecule has 0 atom stereocenters. The summed E-state index contributed by atoms with van der Waals surface area (Å²) in [7, 11) is 0. The largest absolute Gasteiger partial charge is 0.396 e. The Hall–Kier alpha value is -0.610. The fourth-order valence-corrected chi connectivity index (χ4v) is 1.91. The van der Waals surface area contributed by atoms with Gasteiger partial charge in [0, 0.05) is 25.9 Å². The Morgan fingerprint density at radius 3 is 2.87 bits per heavy atom. The van der Waals surface area contributed by atoms with Crippen LogP contribution in [0.25, 0.3) is 0 Å². The highest BCUT2D eigenvalue weighted by molar-refractivity contribution is 9.10. The van der Waals surface area contributed by atoms with E-state index in [1.165, 1.54) is 5.56 Å². The van der Waals surface area contributed by atoms with Crippen LogP contribution in [-0.4, -0.2) is 29.8 Å². The smallest absolute Gasteiger partial charge is 0.143 e. The van der Waals surface area contributed by atoms with Crippen molar-refractivity contribution < 1.29 is 5.11 Å². The van der Waals surface area contributed by atoms with Crippen molar-refractivity contribution in [1.29, 1.82) is 0 Å². The Balaban J connectivity index is 2.86. The molecule has 1 N–H and O–H groups in total. The number of aliphatic hydroxyl groups is 1. The molecule has 3 nitrogen and oxygen atoms in total. The van der Waals surface area contributed by atoms with Gasteiger partial charge in [-0.15, -0.1) is 0 Å². The summed E-state index contributed by atoms with van der Waals surface area (Å²) in [4.78, 5) is 6.52. The van der Waals surface area contributed by atoms with Gasteiger partial charge < -0.3 is 10.0 Å². The third-order valence-corrected chi connectivity index (χ3v) is 3.31. The molecular formula is C11H17BrN2O. The average molecular weight is 273 g/mol. The van der Waals surface area contributed by atoms with Crippen LogP contribution in [0.4, 0.5) is 5.82 Å². The van der Waals surface area contributed by atoms with Gasteiger partial charge >= 0.3 is 0 Å². The Morgan fingerprint density at radius 1 is 1.53 bits per heavy atom. The van der Waals surface area contributed by atoms with Crippen molar-refractivity contribution in [1.82, 2.24) is 4.98 Å². The van der Waals surface area contributed by atoms with Gasteiger partial charge in [-0.1, -0.05) is 0 Å². The lowest BCUT2D eigenvalue weighted by Gasteiger charge is -2.23. The van der Waals surface area contributed by atoms with Gasteiger partial charge in [0.1, 0.15) is 5.82 Å². The molecule has 0 spiro atoms. The van der Waals surface area contributed by atoms with E-state index in [0.717, 1.165) is 29.8 Å². The lowest BCUT2D eigenvalue weighted by atomic mass is 10.3. The van der Waals surface area contributed by atoms with Crippen molar-refractivity contribution in [3.63, 3.8) is 0 Å². The Kier molecular flexibility index (Phi) is 5.05. The molecule has 0 aromatic carbocycles. The van der Waals surface area contributed by atoms with Crippen LogP contribution in [0.15, 0.2) is 16.7 Å². The third-order valence-electron chi connectivity index (χ3n) is 2.33. The fourth-order valence-electron chi connectivity index (χ4n) is 1.42. The molecule has 1 aromatic rings. The van der Waals surface area contributed by atoms with Gasteiger partial charge in [-0.3, -0.25) is 0 Å². The first-order chi connectivity index (χ1) is 7.20. The molecule has 0 radical (unpaired) electrons. The maximum absolute atomic E-state index is 8.82. The lowest BCUT2D eigenvalue weighted by molar-refractivity contribution is 0.289. The zero-order valence-electron chi connectivity index (χ0n) is 9.20. The molecule has 1 heterocycles. The SMILES string of the molecule is CCN(CCCO)c1nccc(C)c1Br. The first kappa shape index (κ1) is 12.5. The molecule has 0 aliphatic rings. The predicted octanol–water partition coefficient (Wildman–Crippen LogP) is 2.36. The number of aliphatic hydroxyl groups excluding tert-OH is 1. The molecule has 0 bridgehead atoms. The number of nitrogens with zero attached hydrogens (tertiary/aromatic N) is 2. The second-order valence-electron chi connectivity index (χ2n) is 3.42. The molecule has 0 saturated heterocycles. The van der Waals surface area contributed by atoms with Crippen LogP contribution in [0, 0.1) is 6.92 Å². The Labute approximate surface area is 99.3 Å². The van der Waals surface area contributed by atoms with E-state index in [1.807, 2.05) is 12.3 Å². The van der Waals surface area contributed by atoms with Crippen LogP contribution in [0.2, 0.25) is 0 Å². The monoisotopic (exact) mass is 272 g/mol. The summed E-state index contributed by atoms with van der Waals surface area (Å²) in [6.07, 6.45) is 2.59. The van der Waals surface area contributed by atoms with Gasteiger partial charge in [0.15, 0.2) is 0 Å². The highest BCUT2D eigenvalue weighted by atomic mass is 79.9. The summed E-state index contributed by atoms with van der Waals surface area (Å²) in [5, 5.41) is 8.82. The van der Waals surface area contributed by atoms with E-state index < -0.39 is 0 Å². The van der Waals surface area contributed by atoms with Gasteiger partial charge in [0.25, 0.3) is 0 Å². The van der Waals surface area contributed by atoms with Gasteiger partial charge in [-0.25, -0.2) is 4.98 Å². The number of anilines is 1. The maximum Gasteiger partial charge on any atom is 0.143 e. The molecule has 0 amide bonds. The molecule has 0 saturated carbocycles. The number of hydrogen-bond acceptors (Lipinski definition) is 3. The minimum atomic E-state index is 0.222. The molecule has 84 valence electrons. The third kappa shape index (κ3) is 3.18. The van der Waals surface area contributed by atoms with Crippen LogP contribution >= 0.6 is 15.9 Å². The van der Waals surface area contributed by atoms with E-state index in [1.54, 1.807) is 0 Å². The highest BCUT2D eigenvalue weighted by Gasteiger charge is 2.10. The van der Waals surface area contributed by atoms with E-state index in [9.17, 15) is 0 Å². The molecule has 4 heteroatoms. The van der Waals surface area contributed by atoms with E-state index in [4.69, 9.17) is 5.11 Å². The van der Waals surface area contributed by atoms with Crippen molar-refractivity contribution in [2.24, 2.45) is 0 Å². The zero-order chi connectivity index (χ0) is 11.3. The van der Waals surface area contributed by atoms with E-state index in [2.05, 4.69) is 39.7 Å². The van der Waals surface area contributed by atoms with Crippen LogP contribution < -0.4 is 4.90 Å². The van der Waals surface area contributed by atoms with Crippen molar-refractivity contribution in [3.05, 3.63) is 22.3 Å². The zero-order valence-corrected chi connectivity index (χ0v) is 10.8. The van der Waals surface area contributed by atoms with E-state index >= 15 is 0 Å². The van der Waals surface area contributed by atoms with Crippen molar-refractivity contribution in [2.45, 2.75) is 20.3 Å². The second-order valence-corrected chi connectivity index (χ2v) is 4.22. The second kappa shape index (κ2) is 6.08. The topological polar surface area (TPSA) is 36.4 Å². The van der Waals surface area contributed by atoms with Gasteiger partial charge in [-0.2, -0.15) is 0 Å². The molecule has 1 aromatic heterocycles. The molecular weight excluding hydrogens is 256 g/mol. The quantitative estimate of drug-likeness (QED) is 0.894. The van der Waals surface area contributed by atoms with E-state index in [-0.39, 0.29) is 6.61 Å². The lowest BCUT2D eigenvalue weighted by Crippen LogP contribution is -2.26. The Morgan fingerprint density at radius 2 is 2.27 bits per heavy atom. The standard InChI is InChI=1S/C11H17BrN2O/c1-3-14(7-4-8-15)11-10(12)9(2)5-6-13-11/h5-6,15H,3-4,7-8H2,1-2H3. The number of hydrogen-bond donors (Lipinski definition) is 1. The van der Waals surface area contributed by atoms with Crippen molar-refractivity contribution >= 4 is 21.7 Å². The molecule has 0 fully saturated rings. The van der Waals surface area contributed by atoms with Crippen LogP contribution in [-0.2, 0) is 0 Å². The number of aryl methyl sites for hydroxylation is 1. The fraction of sp³-hybridized carbons (Fsp3) is 0.545. The summed E-state index contributed by atoms with van der Waals surface area (Å²) in [5.41, 5.74) is 1.18. The van der Waals surface area contributed by atoms with E-state index in [0.29, 0.717) is 0 Å². The minimum absolute atomic E-state index is 0.222. The predicted molar refractivity (Wildman–Crippen MR) is 66.3 cm³/mol. The summed E-state index contributed by atoms with van der Waals surface area (Å²) in [6, 6.07) is 1.98. The summed E-state index contributed by atoms with van der Waals surface area (Å²) in [5.74, 6) is 0.964. The van der Waals surface area contributed by atoms with Gasteiger partial charge in [0.05, 0.1) is 4.47 Å². The van der Waals surface area contributed by atoms with Crippen molar-refractivity contribution in [2.75, 3.05) is 24.6 Å². The molecule has 0 unspecified atom stereocenters.